The molecule has 4 rings (SSSR count). The number of hydrogen-bond donors (Lipinski definition) is 2. The second-order valence-electron chi connectivity index (χ2n) is 6.95. The van der Waals surface area contributed by atoms with Gasteiger partial charge in [0.25, 0.3) is 0 Å². The topological polar surface area (TPSA) is 41.5 Å². The molecule has 0 saturated heterocycles. The molecule has 0 bridgehead atoms. The minimum atomic E-state index is -0.220. The molecule has 0 heterocycles. The van der Waals surface area contributed by atoms with Crippen molar-refractivity contribution >= 4 is 10.8 Å². The number of rotatable bonds is 5. The summed E-state index contributed by atoms with van der Waals surface area (Å²) in [6.45, 7) is 0.535. The lowest BCUT2D eigenvalue weighted by molar-refractivity contribution is 0.183. The first-order chi connectivity index (χ1) is 12.6. The summed E-state index contributed by atoms with van der Waals surface area (Å²) in [7, 11) is 1.64. The summed E-state index contributed by atoms with van der Waals surface area (Å²) in [4.78, 5) is 0. The number of fused-ring (bicyclic) bond motifs is 1. The lowest BCUT2D eigenvalue weighted by atomic mass is 9.71. The molecular formula is C22H22FNO2. The number of nitrogens with one attached hydrogen (secondary N) is 1. The van der Waals surface area contributed by atoms with Crippen LogP contribution in [0.4, 0.5) is 4.39 Å². The van der Waals surface area contributed by atoms with Crippen LogP contribution in [0.15, 0.2) is 54.6 Å². The van der Waals surface area contributed by atoms with Crippen molar-refractivity contribution in [2.45, 2.75) is 31.3 Å². The Morgan fingerprint density at radius 3 is 2.46 bits per heavy atom. The molecule has 2 N–H and O–H groups in total. The van der Waals surface area contributed by atoms with Crippen molar-refractivity contribution in [3.05, 3.63) is 71.5 Å². The number of aromatic hydroxyl groups is 1. The molecule has 1 fully saturated rings. The fourth-order valence-electron chi connectivity index (χ4n) is 3.79. The van der Waals surface area contributed by atoms with Crippen LogP contribution in [0.1, 0.15) is 30.4 Å². The monoisotopic (exact) mass is 351 g/mol. The molecule has 134 valence electrons. The van der Waals surface area contributed by atoms with E-state index in [0.717, 1.165) is 46.9 Å². The van der Waals surface area contributed by atoms with Gasteiger partial charge in [-0.15, -0.1) is 0 Å². The van der Waals surface area contributed by atoms with Crippen LogP contribution in [-0.2, 0) is 12.1 Å². The van der Waals surface area contributed by atoms with Crippen LogP contribution in [0.3, 0.4) is 0 Å². The van der Waals surface area contributed by atoms with Gasteiger partial charge in [-0.25, -0.2) is 4.39 Å². The van der Waals surface area contributed by atoms with Gasteiger partial charge in [0.05, 0.1) is 7.11 Å². The average Bonchev–Trinajstić information content (AvgIpc) is 2.63. The molecule has 3 aromatic carbocycles. The van der Waals surface area contributed by atoms with Gasteiger partial charge in [-0.2, -0.15) is 0 Å². The lowest BCUT2D eigenvalue weighted by Gasteiger charge is -2.43. The molecule has 0 unspecified atom stereocenters. The molecule has 0 amide bonds. The molecule has 3 aromatic rings. The zero-order valence-corrected chi connectivity index (χ0v) is 14.8. The third-order valence-corrected chi connectivity index (χ3v) is 5.52. The smallest absolute Gasteiger partial charge is 0.123 e. The number of methoxy groups -OCH3 is 1. The SMILES string of the molecule is COc1ccc2ccc(O)c(CNC3(c4ccc(F)cc4)CCC3)c2c1. The van der Waals surface area contributed by atoms with Gasteiger partial charge in [-0.05, 0) is 65.9 Å². The molecule has 26 heavy (non-hydrogen) atoms. The number of phenolic OH excluding ortho intramolecular Hbond substituents is 1. The van der Waals surface area contributed by atoms with E-state index in [1.807, 2.05) is 36.4 Å². The first kappa shape index (κ1) is 16.9. The maximum absolute atomic E-state index is 13.3. The van der Waals surface area contributed by atoms with Crippen molar-refractivity contribution in [2.75, 3.05) is 7.11 Å². The van der Waals surface area contributed by atoms with Crippen molar-refractivity contribution in [3.8, 4) is 11.5 Å². The maximum Gasteiger partial charge on any atom is 0.123 e. The molecule has 0 atom stereocenters. The Balaban J connectivity index is 1.66. The summed E-state index contributed by atoms with van der Waals surface area (Å²) in [6, 6.07) is 16.2. The first-order valence-corrected chi connectivity index (χ1v) is 8.91. The summed E-state index contributed by atoms with van der Waals surface area (Å²) in [5, 5.41) is 16.1. The van der Waals surface area contributed by atoms with Crippen molar-refractivity contribution in [1.82, 2.24) is 5.32 Å². The van der Waals surface area contributed by atoms with Crippen molar-refractivity contribution in [2.24, 2.45) is 0 Å². The summed E-state index contributed by atoms with van der Waals surface area (Å²) in [5.74, 6) is 0.815. The van der Waals surface area contributed by atoms with E-state index in [0.29, 0.717) is 6.54 Å². The normalized spacial score (nSPS) is 15.6. The standard InChI is InChI=1S/C22H22FNO2/c1-26-18-9-3-15-4-10-21(25)20(19(15)13-18)14-24-22(11-2-12-22)16-5-7-17(23)8-6-16/h3-10,13,24-25H,2,11-12,14H2,1H3. The Kier molecular flexibility index (Phi) is 4.29. The van der Waals surface area contributed by atoms with Gasteiger partial charge >= 0.3 is 0 Å². The number of halogens is 1. The molecule has 3 nitrogen and oxygen atoms in total. The van der Waals surface area contributed by atoms with E-state index in [2.05, 4.69) is 5.32 Å². The van der Waals surface area contributed by atoms with Gasteiger partial charge in [-0.1, -0.05) is 24.3 Å². The molecule has 4 heteroatoms. The Bertz CT molecular complexity index is 933. The Morgan fingerprint density at radius 1 is 1.08 bits per heavy atom. The average molecular weight is 351 g/mol. The van der Waals surface area contributed by atoms with Crippen LogP contribution >= 0.6 is 0 Å². The highest BCUT2D eigenvalue weighted by molar-refractivity contribution is 5.89. The van der Waals surface area contributed by atoms with E-state index < -0.39 is 0 Å². The first-order valence-electron chi connectivity index (χ1n) is 8.91. The number of phenols is 1. The highest BCUT2D eigenvalue weighted by Gasteiger charge is 2.38. The Hall–Kier alpha value is -2.59. The predicted octanol–water partition coefficient (Wildman–Crippen LogP) is 4.86. The van der Waals surface area contributed by atoms with Crippen LogP contribution in [0, 0.1) is 5.82 Å². The zero-order chi connectivity index (χ0) is 18.1. The second-order valence-corrected chi connectivity index (χ2v) is 6.95. The highest BCUT2D eigenvalue weighted by Crippen LogP contribution is 2.42. The fraction of sp³-hybridized carbons (Fsp3) is 0.273. The van der Waals surface area contributed by atoms with Crippen molar-refractivity contribution in [3.63, 3.8) is 0 Å². The van der Waals surface area contributed by atoms with E-state index in [1.54, 1.807) is 13.2 Å². The lowest BCUT2D eigenvalue weighted by Crippen LogP contribution is -2.47. The minimum Gasteiger partial charge on any atom is -0.508 e. The van der Waals surface area contributed by atoms with Gasteiger partial charge in [0.2, 0.25) is 0 Å². The summed E-state index contributed by atoms with van der Waals surface area (Å²) < 4.78 is 18.6. The Labute approximate surface area is 152 Å². The van der Waals surface area contributed by atoms with Gasteiger partial charge in [0, 0.05) is 17.6 Å². The molecule has 1 saturated carbocycles. The quantitative estimate of drug-likeness (QED) is 0.690. The van der Waals surface area contributed by atoms with E-state index in [1.165, 1.54) is 12.1 Å². The van der Waals surface area contributed by atoms with Crippen LogP contribution in [0.2, 0.25) is 0 Å². The zero-order valence-electron chi connectivity index (χ0n) is 14.8. The largest absolute Gasteiger partial charge is 0.508 e. The molecule has 1 aliphatic carbocycles. The van der Waals surface area contributed by atoms with Crippen LogP contribution < -0.4 is 10.1 Å². The van der Waals surface area contributed by atoms with Crippen LogP contribution in [0.25, 0.3) is 10.8 Å². The molecule has 0 radical (unpaired) electrons. The van der Waals surface area contributed by atoms with E-state index in [9.17, 15) is 9.50 Å². The third kappa shape index (κ3) is 2.90. The van der Waals surface area contributed by atoms with E-state index >= 15 is 0 Å². The van der Waals surface area contributed by atoms with Crippen LogP contribution in [-0.4, -0.2) is 12.2 Å². The van der Waals surface area contributed by atoms with Crippen molar-refractivity contribution < 1.29 is 14.2 Å². The number of ether oxygens (including phenoxy) is 1. The van der Waals surface area contributed by atoms with Gasteiger partial charge in [-0.3, -0.25) is 0 Å². The number of benzene rings is 3. The summed E-state index contributed by atoms with van der Waals surface area (Å²) in [6.07, 6.45) is 3.15. The molecule has 0 aromatic heterocycles. The van der Waals surface area contributed by atoms with E-state index in [-0.39, 0.29) is 17.1 Å². The molecular weight excluding hydrogens is 329 g/mol. The summed E-state index contributed by atoms with van der Waals surface area (Å²) >= 11 is 0. The number of hydrogen-bond acceptors (Lipinski definition) is 3. The second kappa shape index (κ2) is 6.61. The van der Waals surface area contributed by atoms with E-state index in [4.69, 9.17) is 4.74 Å². The molecule has 0 spiro atoms. The Morgan fingerprint density at radius 2 is 1.81 bits per heavy atom. The molecule has 1 aliphatic rings. The fourth-order valence-corrected chi connectivity index (χ4v) is 3.79. The third-order valence-electron chi connectivity index (χ3n) is 5.52. The van der Waals surface area contributed by atoms with Gasteiger partial charge < -0.3 is 15.2 Å². The van der Waals surface area contributed by atoms with Crippen LogP contribution in [0.5, 0.6) is 11.5 Å². The summed E-state index contributed by atoms with van der Waals surface area (Å²) in [5.41, 5.74) is 1.80. The minimum absolute atomic E-state index is 0.152. The maximum atomic E-state index is 13.3. The molecule has 0 aliphatic heterocycles. The van der Waals surface area contributed by atoms with Crippen molar-refractivity contribution in [1.29, 1.82) is 0 Å². The highest BCUT2D eigenvalue weighted by atomic mass is 19.1. The predicted molar refractivity (Wildman–Crippen MR) is 101 cm³/mol. The van der Waals surface area contributed by atoms with Gasteiger partial charge in [0.1, 0.15) is 17.3 Å². The van der Waals surface area contributed by atoms with Gasteiger partial charge in [0.15, 0.2) is 0 Å².